The number of carboxylic acid groups (broad SMARTS) is 1. The topological polar surface area (TPSA) is 68.0 Å². The van der Waals surface area contributed by atoms with Crippen LogP contribution in [0.3, 0.4) is 0 Å². The molecule has 0 radical (unpaired) electrons. The maximum Gasteiger partial charge on any atom is 0.313 e. The molecule has 0 aliphatic heterocycles. The van der Waals surface area contributed by atoms with E-state index < -0.39 is 5.97 Å². The van der Waals surface area contributed by atoms with E-state index in [1.165, 1.54) is 31.0 Å². The van der Waals surface area contributed by atoms with Gasteiger partial charge in [-0.3, -0.25) is 4.79 Å². The Balaban J connectivity index is 2.20. The number of carbonyl (C=O) groups is 1. The van der Waals surface area contributed by atoms with Gasteiger partial charge in [0.15, 0.2) is 5.16 Å². The SMILES string of the molecule is CC(C)c1nnc(SCC(=O)O)n1CC1(C)CCC1. The molecule has 1 heterocycles. The molecule has 1 N–H and O–H groups in total. The maximum atomic E-state index is 10.7. The second kappa shape index (κ2) is 5.53. The van der Waals surface area contributed by atoms with Gasteiger partial charge in [0, 0.05) is 12.5 Å². The van der Waals surface area contributed by atoms with Crippen LogP contribution in [0.5, 0.6) is 0 Å². The van der Waals surface area contributed by atoms with E-state index >= 15 is 0 Å². The number of aliphatic carboxylic acids is 1. The van der Waals surface area contributed by atoms with Gasteiger partial charge in [-0.05, 0) is 18.3 Å². The molecule has 0 atom stereocenters. The Hall–Kier alpha value is -1.04. The third kappa shape index (κ3) is 3.29. The summed E-state index contributed by atoms with van der Waals surface area (Å²) in [5.74, 6) is 0.476. The van der Waals surface area contributed by atoms with Crippen LogP contribution in [0.15, 0.2) is 5.16 Å². The van der Waals surface area contributed by atoms with Crippen LogP contribution in [0.1, 0.15) is 51.8 Å². The second-order valence-electron chi connectivity index (χ2n) is 5.93. The molecule has 0 saturated heterocycles. The summed E-state index contributed by atoms with van der Waals surface area (Å²) in [5, 5.41) is 17.9. The van der Waals surface area contributed by atoms with Crippen molar-refractivity contribution >= 4 is 17.7 Å². The first-order valence-corrected chi connectivity index (χ1v) is 7.67. The molecule has 19 heavy (non-hydrogen) atoms. The van der Waals surface area contributed by atoms with Crippen molar-refractivity contribution in [3.63, 3.8) is 0 Å². The highest BCUT2D eigenvalue weighted by Gasteiger charge is 2.34. The third-order valence-corrected chi connectivity index (χ3v) is 4.64. The molecule has 1 aromatic rings. The van der Waals surface area contributed by atoms with Gasteiger partial charge in [-0.25, -0.2) is 0 Å². The Morgan fingerprint density at radius 3 is 2.63 bits per heavy atom. The molecule has 0 spiro atoms. The molecule has 0 bridgehead atoms. The van der Waals surface area contributed by atoms with Gasteiger partial charge >= 0.3 is 5.97 Å². The van der Waals surface area contributed by atoms with Crippen LogP contribution >= 0.6 is 11.8 Å². The normalized spacial score (nSPS) is 17.5. The van der Waals surface area contributed by atoms with Gasteiger partial charge < -0.3 is 9.67 Å². The lowest BCUT2D eigenvalue weighted by molar-refractivity contribution is -0.133. The Kier molecular flexibility index (Phi) is 4.18. The Morgan fingerprint density at radius 2 is 2.16 bits per heavy atom. The summed E-state index contributed by atoms with van der Waals surface area (Å²) in [7, 11) is 0. The fraction of sp³-hybridized carbons (Fsp3) is 0.769. The Labute approximate surface area is 117 Å². The van der Waals surface area contributed by atoms with Crippen LogP contribution < -0.4 is 0 Å². The molecule has 6 heteroatoms. The zero-order chi connectivity index (χ0) is 14.0. The minimum absolute atomic E-state index is 0.0347. The number of nitrogens with zero attached hydrogens (tertiary/aromatic N) is 3. The molecule has 2 rings (SSSR count). The summed E-state index contributed by atoms with van der Waals surface area (Å²) < 4.78 is 2.12. The molecular formula is C13H21N3O2S. The molecule has 1 aliphatic rings. The minimum Gasteiger partial charge on any atom is -0.481 e. The lowest BCUT2D eigenvalue weighted by atomic mass is 9.70. The number of hydrogen-bond donors (Lipinski definition) is 1. The van der Waals surface area contributed by atoms with E-state index in [0.29, 0.717) is 11.3 Å². The van der Waals surface area contributed by atoms with E-state index in [9.17, 15) is 4.79 Å². The summed E-state index contributed by atoms with van der Waals surface area (Å²) in [6.07, 6.45) is 3.74. The minimum atomic E-state index is -0.819. The van der Waals surface area contributed by atoms with Crippen molar-refractivity contribution in [2.45, 2.75) is 57.7 Å². The van der Waals surface area contributed by atoms with Crippen LogP contribution in [0.4, 0.5) is 0 Å². The first-order chi connectivity index (χ1) is 8.91. The molecular weight excluding hydrogens is 262 g/mol. The van der Waals surface area contributed by atoms with Crippen LogP contribution in [-0.4, -0.2) is 31.6 Å². The van der Waals surface area contributed by atoms with Gasteiger partial charge in [-0.15, -0.1) is 10.2 Å². The maximum absolute atomic E-state index is 10.7. The summed E-state index contributed by atoms with van der Waals surface area (Å²) in [4.78, 5) is 10.7. The number of rotatable bonds is 6. The highest BCUT2D eigenvalue weighted by molar-refractivity contribution is 7.99. The van der Waals surface area contributed by atoms with Crippen molar-refractivity contribution in [1.29, 1.82) is 0 Å². The van der Waals surface area contributed by atoms with E-state index in [1.807, 2.05) is 0 Å². The molecule has 1 fully saturated rings. The van der Waals surface area contributed by atoms with Gasteiger partial charge in [0.1, 0.15) is 5.82 Å². The van der Waals surface area contributed by atoms with Crippen LogP contribution in [-0.2, 0) is 11.3 Å². The Morgan fingerprint density at radius 1 is 1.47 bits per heavy atom. The van der Waals surface area contributed by atoms with Crippen molar-refractivity contribution in [1.82, 2.24) is 14.8 Å². The zero-order valence-corrected chi connectivity index (χ0v) is 12.5. The third-order valence-electron chi connectivity index (χ3n) is 3.69. The number of hydrogen-bond acceptors (Lipinski definition) is 4. The van der Waals surface area contributed by atoms with E-state index in [1.54, 1.807) is 0 Å². The van der Waals surface area contributed by atoms with Crippen molar-refractivity contribution in [3.05, 3.63) is 5.82 Å². The fourth-order valence-corrected chi connectivity index (χ4v) is 3.09. The molecule has 106 valence electrons. The molecule has 1 aromatic heterocycles. The predicted molar refractivity (Wildman–Crippen MR) is 74.4 cm³/mol. The van der Waals surface area contributed by atoms with Crippen molar-refractivity contribution in [3.8, 4) is 0 Å². The number of aromatic nitrogens is 3. The highest BCUT2D eigenvalue weighted by atomic mass is 32.2. The summed E-state index contributed by atoms with van der Waals surface area (Å²) in [5.41, 5.74) is 0.324. The second-order valence-corrected chi connectivity index (χ2v) is 6.87. The number of carboxylic acids is 1. The molecule has 5 nitrogen and oxygen atoms in total. The standard InChI is InChI=1S/C13H21N3O2S/c1-9(2)11-14-15-12(19-7-10(17)18)16(11)8-13(3)5-4-6-13/h9H,4-8H2,1-3H3,(H,17,18). The summed E-state index contributed by atoms with van der Waals surface area (Å²) in [6, 6.07) is 0. The van der Waals surface area contributed by atoms with Crippen molar-refractivity contribution in [2.24, 2.45) is 5.41 Å². The average Bonchev–Trinajstić information content (AvgIpc) is 2.67. The molecule has 0 aromatic carbocycles. The predicted octanol–water partition coefficient (Wildman–Crippen LogP) is 2.77. The molecule has 0 amide bonds. The monoisotopic (exact) mass is 283 g/mol. The van der Waals surface area contributed by atoms with Crippen LogP contribution in [0.25, 0.3) is 0 Å². The van der Waals surface area contributed by atoms with Gasteiger partial charge in [0.25, 0.3) is 0 Å². The summed E-state index contributed by atoms with van der Waals surface area (Å²) in [6.45, 7) is 7.37. The average molecular weight is 283 g/mol. The lowest BCUT2D eigenvalue weighted by Crippen LogP contribution is -2.31. The van der Waals surface area contributed by atoms with Gasteiger partial charge in [-0.2, -0.15) is 0 Å². The van der Waals surface area contributed by atoms with Gasteiger partial charge in [0.2, 0.25) is 0 Å². The van der Waals surface area contributed by atoms with E-state index in [4.69, 9.17) is 5.11 Å². The van der Waals surface area contributed by atoms with Crippen molar-refractivity contribution < 1.29 is 9.90 Å². The van der Waals surface area contributed by atoms with Crippen molar-refractivity contribution in [2.75, 3.05) is 5.75 Å². The van der Waals surface area contributed by atoms with Crippen LogP contribution in [0.2, 0.25) is 0 Å². The van der Waals surface area contributed by atoms with E-state index in [2.05, 4.69) is 35.5 Å². The van der Waals surface area contributed by atoms with Gasteiger partial charge in [-0.1, -0.05) is 39.0 Å². The van der Waals surface area contributed by atoms with Gasteiger partial charge in [0.05, 0.1) is 5.75 Å². The first-order valence-electron chi connectivity index (χ1n) is 6.69. The molecule has 1 aliphatic carbocycles. The summed E-state index contributed by atoms with van der Waals surface area (Å²) >= 11 is 1.26. The highest BCUT2D eigenvalue weighted by Crippen LogP contribution is 2.42. The fourth-order valence-electron chi connectivity index (χ4n) is 2.43. The number of thioether (sulfide) groups is 1. The zero-order valence-electron chi connectivity index (χ0n) is 11.7. The molecule has 0 unspecified atom stereocenters. The van der Waals surface area contributed by atoms with Crippen LogP contribution in [0, 0.1) is 5.41 Å². The lowest BCUT2D eigenvalue weighted by Gasteiger charge is -2.39. The first kappa shape index (κ1) is 14.4. The molecule has 1 saturated carbocycles. The smallest absolute Gasteiger partial charge is 0.313 e. The van der Waals surface area contributed by atoms with E-state index in [-0.39, 0.29) is 5.75 Å². The largest absolute Gasteiger partial charge is 0.481 e. The Bertz CT molecular complexity index is 466. The quantitative estimate of drug-likeness (QED) is 0.813. The van der Waals surface area contributed by atoms with E-state index in [0.717, 1.165) is 17.5 Å².